The first-order chi connectivity index (χ1) is 15.2. The van der Waals surface area contributed by atoms with Crippen molar-refractivity contribution >= 4 is 29.9 Å². The van der Waals surface area contributed by atoms with Gasteiger partial charge in [0, 0.05) is 39.8 Å². The minimum absolute atomic E-state index is 0. The van der Waals surface area contributed by atoms with Crippen molar-refractivity contribution in [1.82, 2.24) is 20.4 Å². The molecule has 2 fully saturated rings. The summed E-state index contributed by atoms with van der Waals surface area (Å²) in [7, 11) is 5.17. The van der Waals surface area contributed by atoms with Crippen molar-refractivity contribution < 1.29 is 14.2 Å². The van der Waals surface area contributed by atoms with Crippen LogP contribution in [-0.2, 0) is 4.74 Å². The third kappa shape index (κ3) is 7.93. The molecule has 2 saturated heterocycles. The van der Waals surface area contributed by atoms with E-state index in [4.69, 9.17) is 14.2 Å². The van der Waals surface area contributed by atoms with Gasteiger partial charge in [-0.25, -0.2) is 0 Å². The van der Waals surface area contributed by atoms with Gasteiger partial charge < -0.3 is 29.7 Å². The number of morpholine rings is 1. The Labute approximate surface area is 210 Å². The van der Waals surface area contributed by atoms with Crippen molar-refractivity contribution in [2.75, 3.05) is 80.3 Å². The maximum Gasteiger partial charge on any atom is 0.191 e. The predicted molar refractivity (Wildman–Crippen MR) is 140 cm³/mol. The van der Waals surface area contributed by atoms with Crippen LogP contribution in [0.2, 0.25) is 0 Å². The summed E-state index contributed by atoms with van der Waals surface area (Å²) < 4.78 is 16.5. The Balaban J connectivity index is 0.00000363. The first-order valence-electron chi connectivity index (χ1n) is 11.5. The monoisotopic (exact) mass is 561 g/mol. The molecule has 2 heterocycles. The molecule has 0 aliphatic carbocycles. The van der Waals surface area contributed by atoms with Gasteiger partial charge in [0.05, 0.1) is 33.5 Å². The summed E-state index contributed by atoms with van der Waals surface area (Å²) in [4.78, 5) is 9.42. The first-order valence-corrected chi connectivity index (χ1v) is 11.5. The van der Waals surface area contributed by atoms with Gasteiger partial charge in [0.2, 0.25) is 0 Å². The maximum absolute atomic E-state index is 5.58. The van der Waals surface area contributed by atoms with Crippen molar-refractivity contribution in [1.29, 1.82) is 0 Å². The zero-order valence-electron chi connectivity index (χ0n) is 19.8. The van der Waals surface area contributed by atoms with Crippen molar-refractivity contribution in [3.05, 3.63) is 23.8 Å². The molecule has 2 aliphatic rings. The van der Waals surface area contributed by atoms with Crippen LogP contribution in [-0.4, -0.2) is 96.1 Å². The Morgan fingerprint density at radius 1 is 1.03 bits per heavy atom. The molecule has 1 aromatic rings. The number of guanidine groups is 1. The maximum atomic E-state index is 5.58. The second-order valence-corrected chi connectivity index (χ2v) is 8.06. The SMILES string of the molecule is CN=C(NCCN1CCCCC1)NCC(c1ccc(OC)c(OC)c1)N1CCOCC1.I. The van der Waals surface area contributed by atoms with Gasteiger partial charge in [-0.15, -0.1) is 24.0 Å². The van der Waals surface area contributed by atoms with E-state index in [1.54, 1.807) is 14.2 Å². The molecule has 1 unspecified atom stereocenters. The number of aliphatic imine (C=N–C) groups is 1. The molecule has 0 aromatic heterocycles. The van der Waals surface area contributed by atoms with E-state index < -0.39 is 0 Å². The number of hydrogen-bond donors (Lipinski definition) is 2. The molecule has 2 N–H and O–H groups in total. The Kier molecular flexibility index (Phi) is 12.4. The third-order valence-electron chi connectivity index (χ3n) is 6.13. The topological polar surface area (TPSA) is 70.6 Å². The van der Waals surface area contributed by atoms with Gasteiger partial charge in [-0.3, -0.25) is 9.89 Å². The van der Waals surface area contributed by atoms with E-state index in [0.717, 1.165) is 63.4 Å². The molecule has 0 saturated carbocycles. The number of nitrogens with zero attached hydrogens (tertiary/aromatic N) is 3. The van der Waals surface area contributed by atoms with E-state index in [-0.39, 0.29) is 30.0 Å². The molecule has 0 radical (unpaired) electrons. The Morgan fingerprint density at radius 2 is 1.75 bits per heavy atom. The van der Waals surface area contributed by atoms with Gasteiger partial charge in [0.1, 0.15) is 0 Å². The molecule has 1 atom stereocenters. The molecule has 9 heteroatoms. The quantitative estimate of drug-likeness (QED) is 0.273. The molecule has 0 amide bonds. The fourth-order valence-corrected chi connectivity index (χ4v) is 4.34. The number of piperidine rings is 1. The Bertz CT molecular complexity index is 694. The standard InChI is InChI=1S/C23H39N5O3.HI/c1-24-23(25-9-12-27-10-5-4-6-11-27)26-18-20(28-13-15-31-16-14-28)19-7-8-21(29-2)22(17-19)30-3;/h7-8,17,20H,4-6,9-16,18H2,1-3H3,(H2,24,25,26);1H. The average Bonchev–Trinajstić information content (AvgIpc) is 2.84. The highest BCUT2D eigenvalue weighted by atomic mass is 127. The molecule has 182 valence electrons. The first kappa shape index (κ1) is 26.9. The van der Waals surface area contributed by atoms with Crippen molar-refractivity contribution in [2.45, 2.75) is 25.3 Å². The number of ether oxygens (including phenoxy) is 3. The number of halogens is 1. The highest BCUT2D eigenvalue weighted by Crippen LogP contribution is 2.32. The van der Waals surface area contributed by atoms with Crippen LogP contribution in [0.5, 0.6) is 11.5 Å². The number of nitrogens with one attached hydrogen (secondary N) is 2. The molecule has 0 spiro atoms. The summed E-state index contributed by atoms with van der Waals surface area (Å²) in [5, 5.41) is 7.01. The molecule has 1 aromatic carbocycles. The Hall–Kier alpha value is -1.30. The van der Waals surface area contributed by atoms with E-state index in [2.05, 4.69) is 37.6 Å². The lowest BCUT2D eigenvalue weighted by molar-refractivity contribution is 0.0169. The van der Waals surface area contributed by atoms with Crippen LogP contribution < -0.4 is 20.1 Å². The van der Waals surface area contributed by atoms with Crippen LogP contribution in [0, 0.1) is 0 Å². The largest absolute Gasteiger partial charge is 0.493 e. The van der Waals surface area contributed by atoms with Gasteiger partial charge in [0.25, 0.3) is 0 Å². The average molecular weight is 562 g/mol. The summed E-state index contributed by atoms with van der Waals surface area (Å²) in [6, 6.07) is 6.36. The van der Waals surface area contributed by atoms with Gasteiger partial charge in [-0.05, 0) is 43.6 Å². The molecule has 8 nitrogen and oxygen atoms in total. The van der Waals surface area contributed by atoms with Crippen LogP contribution >= 0.6 is 24.0 Å². The van der Waals surface area contributed by atoms with Crippen molar-refractivity contribution in [3.8, 4) is 11.5 Å². The molecular weight excluding hydrogens is 521 g/mol. The summed E-state index contributed by atoms with van der Waals surface area (Å²) in [5.41, 5.74) is 1.19. The summed E-state index contributed by atoms with van der Waals surface area (Å²) in [6.45, 7) is 8.46. The molecule has 2 aliphatic heterocycles. The highest BCUT2D eigenvalue weighted by molar-refractivity contribution is 14.0. The fourth-order valence-electron chi connectivity index (χ4n) is 4.34. The number of methoxy groups -OCH3 is 2. The molecule has 3 rings (SSSR count). The third-order valence-corrected chi connectivity index (χ3v) is 6.13. The fraction of sp³-hybridized carbons (Fsp3) is 0.696. The second-order valence-electron chi connectivity index (χ2n) is 8.06. The predicted octanol–water partition coefficient (Wildman–Crippen LogP) is 2.35. The van der Waals surface area contributed by atoms with Crippen LogP contribution in [0.4, 0.5) is 0 Å². The number of rotatable bonds is 9. The van der Waals surface area contributed by atoms with E-state index in [1.807, 2.05) is 13.1 Å². The zero-order chi connectivity index (χ0) is 21.9. The summed E-state index contributed by atoms with van der Waals surface area (Å²) in [5.74, 6) is 2.34. The Morgan fingerprint density at radius 3 is 2.41 bits per heavy atom. The van der Waals surface area contributed by atoms with E-state index in [9.17, 15) is 0 Å². The molecule has 0 bridgehead atoms. The van der Waals surface area contributed by atoms with Crippen molar-refractivity contribution in [2.24, 2.45) is 4.99 Å². The highest BCUT2D eigenvalue weighted by Gasteiger charge is 2.24. The van der Waals surface area contributed by atoms with Crippen molar-refractivity contribution in [3.63, 3.8) is 0 Å². The number of hydrogen-bond acceptors (Lipinski definition) is 6. The zero-order valence-corrected chi connectivity index (χ0v) is 22.1. The van der Waals surface area contributed by atoms with Gasteiger partial charge >= 0.3 is 0 Å². The van der Waals surface area contributed by atoms with Crippen LogP contribution in [0.15, 0.2) is 23.2 Å². The normalized spacial score (nSPS) is 19.0. The second kappa shape index (κ2) is 14.8. The van der Waals surface area contributed by atoms with E-state index in [1.165, 1.54) is 37.9 Å². The van der Waals surface area contributed by atoms with Gasteiger partial charge in [-0.1, -0.05) is 12.5 Å². The number of likely N-dealkylation sites (tertiary alicyclic amines) is 1. The van der Waals surface area contributed by atoms with Crippen LogP contribution in [0.25, 0.3) is 0 Å². The van der Waals surface area contributed by atoms with Gasteiger partial charge in [-0.2, -0.15) is 0 Å². The molecule has 32 heavy (non-hydrogen) atoms. The minimum Gasteiger partial charge on any atom is -0.493 e. The lowest BCUT2D eigenvalue weighted by Gasteiger charge is -2.35. The molecular formula is C23H40IN5O3. The lowest BCUT2D eigenvalue weighted by Crippen LogP contribution is -2.47. The van der Waals surface area contributed by atoms with E-state index >= 15 is 0 Å². The lowest BCUT2D eigenvalue weighted by atomic mass is 10.0. The van der Waals surface area contributed by atoms with Crippen LogP contribution in [0.1, 0.15) is 30.9 Å². The van der Waals surface area contributed by atoms with Crippen LogP contribution in [0.3, 0.4) is 0 Å². The van der Waals surface area contributed by atoms with E-state index in [0.29, 0.717) is 0 Å². The summed E-state index contributed by atoms with van der Waals surface area (Å²) >= 11 is 0. The number of benzene rings is 1. The smallest absolute Gasteiger partial charge is 0.191 e. The summed E-state index contributed by atoms with van der Waals surface area (Å²) in [6.07, 6.45) is 4.01. The van der Waals surface area contributed by atoms with Gasteiger partial charge in [0.15, 0.2) is 17.5 Å². The minimum atomic E-state index is 0.